The molecule has 1 aromatic heterocycles. The zero-order valence-electron chi connectivity index (χ0n) is 9.93. The van der Waals surface area contributed by atoms with Gasteiger partial charge in [-0.25, -0.2) is 18.6 Å². The van der Waals surface area contributed by atoms with Crippen molar-refractivity contribution in [2.45, 2.75) is 0 Å². The number of carboxylic acid groups (broad SMARTS) is 1. The van der Waals surface area contributed by atoms with Gasteiger partial charge in [0.25, 0.3) is 5.91 Å². The highest BCUT2D eigenvalue weighted by Gasteiger charge is 2.18. The second kappa shape index (κ2) is 5.43. The largest absolute Gasteiger partial charge is 0.476 e. The molecule has 1 aromatic carbocycles. The Labute approximate surface area is 111 Å². The number of carbonyl (C=O) groups is 2. The summed E-state index contributed by atoms with van der Waals surface area (Å²) in [4.78, 5) is 26.3. The van der Waals surface area contributed by atoms with Crippen LogP contribution in [-0.2, 0) is 0 Å². The van der Waals surface area contributed by atoms with Gasteiger partial charge in [-0.15, -0.1) is 0 Å². The van der Waals surface area contributed by atoms with Crippen LogP contribution in [0.1, 0.15) is 20.8 Å². The molecule has 5 nitrogen and oxygen atoms in total. The first-order valence-corrected chi connectivity index (χ1v) is 5.44. The lowest BCUT2D eigenvalue weighted by molar-refractivity contribution is 0.0691. The number of anilines is 1. The molecule has 0 radical (unpaired) electrons. The van der Waals surface area contributed by atoms with Crippen molar-refractivity contribution < 1.29 is 23.5 Å². The number of benzene rings is 1. The van der Waals surface area contributed by atoms with Gasteiger partial charge in [-0.1, -0.05) is 6.07 Å². The van der Waals surface area contributed by atoms with Gasteiger partial charge in [0.2, 0.25) is 0 Å². The predicted molar refractivity (Wildman–Crippen MR) is 65.5 cm³/mol. The Kier molecular flexibility index (Phi) is 3.69. The van der Waals surface area contributed by atoms with E-state index in [1.807, 2.05) is 0 Å². The molecule has 0 spiro atoms. The standard InChI is InChI=1S/C13H8F2N2O3/c14-8-4-1-3-7(10(8)15)12(18)17-9-5-2-6-16-11(9)13(19)20/h1-6H,(H,17,18)(H,19,20). The summed E-state index contributed by atoms with van der Waals surface area (Å²) in [5, 5.41) is 11.1. The Morgan fingerprint density at radius 2 is 1.90 bits per heavy atom. The molecule has 0 aliphatic rings. The topological polar surface area (TPSA) is 79.3 Å². The van der Waals surface area contributed by atoms with Crippen LogP contribution in [-0.4, -0.2) is 22.0 Å². The van der Waals surface area contributed by atoms with Crippen LogP contribution in [0.2, 0.25) is 0 Å². The highest BCUT2D eigenvalue weighted by molar-refractivity contribution is 6.07. The SMILES string of the molecule is O=C(Nc1cccnc1C(=O)O)c1cccc(F)c1F. The maximum Gasteiger partial charge on any atom is 0.356 e. The molecule has 0 atom stereocenters. The number of halogens is 2. The minimum Gasteiger partial charge on any atom is -0.476 e. The molecule has 0 saturated carbocycles. The summed E-state index contributed by atoms with van der Waals surface area (Å²) in [6.45, 7) is 0. The smallest absolute Gasteiger partial charge is 0.356 e. The third-order valence-electron chi connectivity index (χ3n) is 2.45. The van der Waals surface area contributed by atoms with E-state index in [4.69, 9.17) is 5.11 Å². The van der Waals surface area contributed by atoms with Gasteiger partial charge >= 0.3 is 5.97 Å². The van der Waals surface area contributed by atoms with Crippen LogP contribution >= 0.6 is 0 Å². The Morgan fingerprint density at radius 1 is 1.15 bits per heavy atom. The molecular weight excluding hydrogens is 270 g/mol. The highest BCUT2D eigenvalue weighted by Crippen LogP contribution is 2.16. The van der Waals surface area contributed by atoms with E-state index in [0.717, 1.165) is 12.1 Å². The Hall–Kier alpha value is -2.83. The fraction of sp³-hybridized carbons (Fsp3) is 0. The molecule has 2 aromatic rings. The number of carbonyl (C=O) groups excluding carboxylic acids is 1. The molecule has 2 rings (SSSR count). The zero-order valence-corrected chi connectivity index (χ0v) is 9.93. The van der Waals surface area contributed by atoms with Crippen LogP contribution in [0.3, 0.4) is 0 Å². The first-order chi connectivity index (χ1) is 9.50. The molecule has 0 unspecified atom stereocenters. The molecule has 102 valence electrons. The van der Waals surface area contributed by atoms with Crippen LogP contribution in [0.15, 0.2) is 36.5 Å². The van der Waals surface area contributed by atoms with Gasteiger partial charge in [0.1, 0.15) is 0 Å². The number of nitrogens with one attached hydrogen (secondary N) is 1. The quantitative estimate of drug-likeness (QED) is 0.903. The second-order valence-corrected chi connectivity index (χ2v) is 3.76. The number of nitrogens with zero attached hydrogens (tertiary/aromatic N) is 1. The Bertz CT molecular complexity index is 689. The number of amides is 1. The fourth-order valence-corrected chi connectivity index (χ4v) is 1.55. The van der Waals surface area contributed by atoms with Crippen LogP contribution in [0.4, 0.5) is 14.5 Å². The predicted octanol–water partition coefficient (Wildman–Crippen LogP) is 2.31. The summed E-state index contributed by atoms with van der Waals surface area (Å²) < 4.78 is 26.5. The molecule has 0 aliphatic carbocycles. The molecule has 20 heavy (non-hydrogen) atoms. The average molecular weight is 278 g/mol. The number of pyridine rings is 1. The lowest BCUT2D eigenvalue weighted by Crippen LogP contribution is -2.17. The average Bonchev–Trinajstić information content (AvgIpc) is 2.42. The van der Waals surface area contributed by atoms with E-state index in [9.17, 15) is 18.4 Å². The molecule has 1 amide bonds. The van der Waals surface area contributed by atoms with Crippen molar-refractivity contribution >= 4 is 17.6 Å². The normalized spacial score (nSPS) is 10.1. The Balaban J connectivity index is 2.33. The molecule has 1 heterocycles. The minimum atomic E-state index is -1.35. The van der Waals surface area contributed by atoms with Crippen molar-refractivity contribution in [1.29, 1.82) is 0 Å². The van der Waals surface area contributed by atoms with Crippen LogP contribution in [0.25, 0.3) is 0 Å². The van der Waals surface area contributed by atoms with Crippen molar-refractivity contribution in [1.82, 2.24) is 4.98 Å². The van der Waals surface area contributed by atoms with E-state index in [1.54, 1.807) is 0 Å². The third kappa shape index (κ3) is 2.61. The van der Waals surface area contributed by atoms with Gasteiger partial charge in [0, 0.05) is 6.20 Å². The number of rotatable bonds is 3. The highest BCUT2D eigenvalue weighted by atomic mass is 19.2. The van der Waals surface area contributed by atoms with Crippen LogP contribution < -0.4 is 5.32 Å². The van der Waals surface area contributed by atoms with Gasteiger partial charge < -0.3 is 10.4 Å². The van der Waals surface area contributed by atoms with Crippen molar-refractivity contribution in [3.05, 3.63) is 59.4 Å². The maximum absolute atomic E-state index is 13.4. The lowest BCUT2D eigenvalue weighted by atomic mass is 10.2. The number of aromatic carboxylic acids is 1. The minimum absolute atomic E-state index is 0.103. The van der Waals surface area contributed by atoms with Crippen molar-refractivity contribution in [3.63, 3.8) is 0 Å². The monoisotopic (exact) mass is 278 g/mol. The van der Waals surface area contributed by atoms with Crippen molar-refractivity contribution in [3.8, 4) is 0 Å². The summed E-state index contributed by atoms with van der Waals surface area (Å²) in [7, 11) is 0. The summed E-state index contributed by atoms with van der Waals surface area (Å²) in [6.07, 6.45) is 1.24. The second-order valence-electron chi connectivity index (χ2n) is 3.76. The van der Waals surface area contributed by atoms with Crippen LogP contribution in [0.5, 0.6) is 0 Å². The van der Waals surface area contributed by atoms with E-state index in [2.05, 4.69) is 10.3 Å². The third-order valence-corrected chi connectivity index (χ3v) is 2.45. The Morgan fingerprint density at radius 3 is 2.60 bits per heavy atom. The first kappa shape index (κ1) is 13.6. The van der Waals surface area contributed by atoms with E-state index in [-0.39, 0.29) is 5.69 Å². The number of aromatic nitrogens is 1. The molecule has 0 fully saturated rings. The summed E-state index contributed by atoms with van der Waals surface area (Å²) in [5.41, 5.74) is -1.02. The molecule has 7 heteroatoms. The number of carboxylic acids is 1. The molecule has 2 N–H and O–H groups in total. The van der Waals surface area contributed by atoms with E-state index < -0.39 is 34.8 Å². The molecule has 0 bridgehead atoms. The van der Waals surface area contributed by atoms with Crippen LogP contribution in [0, 0.1) is 11.6 Å². The maximum atomic E-state index is 13.4. The van der Waals surface area contributed by atoms with Gasteiger partial charge in [0.05, 0.1) is 11.3 Å². The van der Waals surface area contributed by atoms with Gasteiger partial charge in [-0.2, -0.15) is 0 Å². The summed E-state index contributed by atoms with van der Waals surface area (Å²) in [6, 6.07) is 5.84. The molecular formula is C13H8F2N2O3. The van der Waals surface area contributed by atoms with Gasteiger partial charge in [-0.3, -0.25) is 4.79 Å². The zero-order chi connectivity index (χ0) is 14.7. The first-order valence-electron chi connectivity index (χ1n) is 5.44. The summed E-state index contributed by atoms with van der Waals surface area (Å²) in [5.74, 6) is -4.77. The van der Waals surface area contributed by atoms with Gasteiger partial charge in [0.15, 0.2) is 17.3 Å². The summed E-state index contributed by atoms with van der Waals surface area (Å²) >= 11 is 0. The van der Waals surface area contributed by atoms with E-state index in [0.29, 0.717) is 0 Å². The van der Waals surface area contributed by atoms with E-state index in [1.165, 1.54) is 24.4 Å². The number of hydrogen-bond donors (Lipinski definition) is 2. The number of hydrogen-bond acceptors (Lipinski definition) is 3. The van der Waals surface area contributed by atoms with Crippen molar-refractivity contribution in [2.24, 2.45) is 0 Å². The fourth-order valence-electron chi connectivity index (χ4n) is 1.55. The molecule has 0 saturated heterocycles. The lowest BCUT2D eigenvalue weighted by Gasteiger charge is -2.08. The van der Waals surface area contributed by atoms with Crippen molar-refractivity contribution in [2.75, 3.05) is 5.32 Å². The van der Waals surface area contributed by atoms with Gasteiger partial charge in [-0.05, 0) is 24.3 Å². The van der Waals surface area contributed by atoms with E-state index >= 15 is 0 Å². The molecule has 0 aliphatic heterocycles.